The van der Waals surface area contributed by atoms with Crippen molar-refractivity contribution in [2.45, 2.75) is 39.2 Å². The molecular weight excluding hydrogens is 220 g/mol. The normalized spacial score (nSPS) is 21.1. The van der Waals surface area contributed by atoms with Crippen LogP contribution in [0.5, 0.6) is 0 Å². The molecular formula is C12H24N2O3. The molecule has 5 heteroatoms. The van der Waals surface area contributed by atoms with Crippen molar-refractivity contribution in [2.75, 3.05) is 26.8 Å². The van der Waals surface area contributed by atoms with E-state index in [9.17, 15) is 4.79 Å². The summed E-state index contributed by atoms with van der Waals surface area (Å²) in [4.78, 5) is 16.9. The standard InChI is InChI=1S/C12H24N2O3/c1-12(2,3)14(16-4)11(15)17-9-10-6-5-7-13-8-10/h10,13H,5-9H2,1-4H3. The summed E-state index contributed by atoms with van der Waals surface area (Å²) in [6.07, 6.45) is 1.85. The molecule has 1 heterocycles. The predicted octanol–water partition coefficient (Wildman–Crippen LogP) is 1.78. The fourth-order valence-corrected chi connectivity index (χ4v) is 1.94. The van der Waals surface area contributed by atoms with Crippen molar-refractivity contribution in [1.82, 2.24) is 10.4 Å². The maximum atomic E-state index is 11.8. The highest BCUT2D eigenvalue weighted by Crippen LogP contribution is 2.16. The van der Waals surface area contributed by atoms with Gasteiger partial charge in [-0.25, -0.2) is 4.79 Å². The Morgan fingerprint density at radius 3 is 2.65 bits per heavy atom. The molecule has 0 aromatic rings. The van der Waals surface area contributed by atoms with Gasteiger partial charge in [0.25, 0.3) is 0 Å². The summed E-state index contributed by atoms with van der Waals surface area (Å²) in [5.74, 6) is 0.423. The summed E-state index contributed by atoms with van der Waals surface area (Å²) < 4.78 is 5.28. The summed E-state index contributed by atoms with van der Waals surface area (Å²) in [6.45, 7) is 8.16. The fourth-order valence-electron chi connectivity index (χ4n) is 1.94. The molecule has 1 fully saturated rings. The molecule has 1 atom stereocenters. The molecule has 1 unspecified atom stereocenters. The molecule has 1 rings (SSSR count). The van der Waals surface area contributed by atoms with E-state index in [1.54, 1.807) is 0 Å². The minimum atomic E-state index is -0.412. The third-order valence-corrected chi connectivity index (χ3v) is 2.80. The summed E-state index contributed by atoms with van der Waals surface area (Å²) in [5, 5.41) is 4.56. The molecule has 1 aliphatic rings. The van der Waals surface area contributed by atoms with E-state index < -0.39 is 11.6 Å². The van der Waals surface area contributed by atoms with Crippen LogP contribution in [-0.2, 0) is 9.57 Å². The van der Waals surface area contributed by atoms with Crippen molar-refractivity contribution in [3.05, 3.63) is 0 Å². The van der Waals surface area contributed by atoms with Gasteiger partial charge in [-0.2, -0.15) is 5.06 Å². The van der Waals surface area contributed by atoms with Crippen LogP contribution < -0.4 is 5.32 Å². The second-order valence-electron chi connectivity index (χ2n) is 5.44. The van der Waals surface area contributed by atoms with Crippen LogP contribution in [-0.4, -0.2) is 43.5 Å². The van der Waals surface area contributed by atoms with Gasteiger partial charge in [0, 0.05) is 12.5 Å². The molecule has 0 aromatic carbocycles. The Morgan fingerprint density at radius 1 is 1.47 bits per heavy atom. The van der Waals surface area contributed by atoms with Crippen molar-refractivity contribution in [1.29, 1.82) is 0 Å². The van der Waals surface area contributed by atoms with Gasteiger partial charge in [-0.3, -0.25) is 4.84 Å². The molecule has 0 saturated carbocycles. The number of hydroxylamine groups is 2. The third-order valence-electron chi connectivity index (χ3n) is 2.80. The zero-order chi connectivity index (χ0) is 12.9. The molecule has 0 aromatic heterocycles. The largest absolute Gasteiger partial charge is 0.448 e. The Kier molecular flexibility index (Phi) is 5.21. The first kappa shape index (κ1) is 14.3. The van der Waals surface area contributed by atoms with Gasteiger partial charge in [0.05, 0.1) is 19.3 Å². The zero-order valence-corrected chi connectivity index (χ0v) is 11.3. The lowest BCUT2D eigenvalue weighted by Gasteiger charge is -2.32. The van der Waals surface area contributed by atoms with Gasteiger partial charge in [-0.1, -0.05) is 0 Å². The van der Waals surface area contributed by atoms with Crippen molar-refractivity contribution in [2.24, 2.45) is 5.92 Å². The number of hydrogen-bond acceptors (Lipinski definition) is 4. The maximum Gasteiger partial charge on any atom is 0.434 e. The molecule has 0 spiro atoms. The third kappa shape index (κ3) is 4.52. The van der Waals surface area contributed by atoms with E-state index >= 15 is 0 Å². The molecule has 17 heavy (non-hydrogen) atoms. The van der Waals surface area contributed by atoms with Gasteiger partial charge in [0.2, 0.25) is 0 Å². The number of nitrogens with one attached hydrogen (secondary N) is 1. The van der Waals surface area contributed by atoms with Crippen LogP contribution in [0, 0.1) is 5.92 Å². The molecule has 5 nitrogen and oxygen atoms in total. The number of carbonyl (C=O) groups is 1. The van der Waals surface area contributed by atoms with Crippen LogP contribution in [0.3, 0.4) is 0 Å². The predicted molar refractivity (Wildman–Crippen MR) is 65.5 cm³/mol. The number of amides is 1. The smallest absolute Gasteiger partial charge is 0.434 e. The lowest BCUT2D eigenvalue weighted by molar-refractivity contribution is -0.161. The molecule has 0 radical (unpaired) electrons. The minimum Gasteiger partial charge on any atom is -0.448 e. The van der Waals surface area contributed by atoms with Crippen molar-refractivity contribution < 1.29 is 14.4 Å². The van der Waals surface area contributed by atoms with E-state index in [2.05, 4.69) is 5.32 Å². The van der Waals surface area contributed by atoms with Crippen molar-refractivity contribution in [3.63, 3.8) is 0 Å². The Bertz CT molecular complexity index is 245. The van der Waals surface area contributed by atoms with E-state index in [1.165, 1.54) is 12.2 Å². The van der Waals surface area contributed by atoms with E-state index in [0.29, 0.717) is 12.5 Å². The van der Waals surface area contributed by atoms with Gasteiger partial charge >= 0.3 is 6.09 Å². The number of rotatable bonds is 3. The molecule has 1 N–H and O–H groups in total. The van der Waals surface area contributed by atoms with Gasteiger partial charge in [-0.05, 0) is 40.2 Å². The Hall–Kier alpha value is -0.810. The van der Waals surface area contributed by atoms with Gasteiger partial charge in [-0.15, -0.1) is 0 Å². The monoisotopic (exact) mass is 244 g/mol. The van der Waals surface area contributed by atoms with Crippen LogP contribution in [0.4, 0.5) is 4.79 Å². The average molecular weight is 244 g/mol. The lowest BCUT2D eigenvalue weighted by Crippen LogP contribution is -2.45. The van der Waals surface area contributed by atoms with E-state index in [0.717, 1.165) is 25.9 Å². The van der Waals surface area contributed by atoms with Crippen molar-refractivity contribution in [3.8, 4) is 0 Å². The number of carbonyl (C=O) groups excluding carboxylic acids is 1. The Labute approximate surface area is 103 Å². The van der Waals surface area contributed by atoms with Gasteiger partial charge < -0.3 is 10.1 Å². The first-order chi connectivity index (χ1) is 7.95. The average Bonchev–Trinajstić information content (AvgIpc) is 2.27. The number of hydrogen-bond donors (Lipinski definition) is 1. The van der Waals surface area contributed by atoms with E-state index in [-0.39, 0.29) is 0 Å². The first-order valence-corrected chi connectivity index (χ1v) is 6.17. The lowest BCUT2D eigenvalue weighted by atomic mass is 10.0. The highest BCUT2D eigenvalue weighted by Gasteiger charge is 2.29. The number of ether oxygens (including phenoxy) is 1. The second-order valence-corrected chi connectivity index (χ2v) is 5.44. The zero-order valence-electron chi connectivity index (χ0n) is 11.3. The Morgan fingerprint density at radius 2 is 2.18 bits per heavy atom. The molecule has 0 aliphatic carbocycles. The van der Waals surface area contributed by atoms with Crippen LogP contribution in [0.2, 0.25) is 0 Å². The van der Waals surface area contributed by atoms with Crippen LogP contribution in [0.15, 0.2) is 0 Å². The van der Waals surface area contributed by atoms with Crippen LogP contribution in [0.1, 0.15) is 33.6 Å². The van der Waals surface area contributed by atoms with Gasteiger partial charge in [0.15, 0.2) is 0 Å². The van der Waals surface area contributed by atoms with Crippen molar-refractivity contribution >= 4 is 6.09 Å². The summed E-state index contributed by atoms with van der Waals surface area (Å²) in [7, 11) is 1.48. The molecule has 1 aliphatic heterocycles. The molecule has 1 saturated heterocycles. The second kappa shape index (κ2) is 6.21. The molecule has 1 amide bonds. The maximum absolute atomic E-state index is 11.8. The topological polar surface area (TPSA) is 50.8 Å². The summed E-state index contributed by atoms with van der Waals surface area (Å²) in [6, 6.07) is 0. The SMILES string of the molecule is CON(C(=O)OCC1CCCNC1)C(C)(C)C. The number of nitrogens with zero attached hydrogens (tertiary/aromatic N) is 1. The quantitative estimate of drug-likeness (QED) is 0.769. The highest BCUT2D eigenvalue weighted by atomic mass is 16.7. The Balaban J connectivity index is 2.36. The number of piperidine rings is 1. The molecule has 0 bridgehead atoms. The first-order valence-electron chi connectivity index (χ1n) is 6.17. The molecule has 100 valence electrons. The summed E-state index contributed by atoms with van der Waals surface area (Å²) in [5.41, 5.74) is -0.392. The van der Waals surface area contributed by atoms with Crippen LogP contribution in [0.25, 0.3) is 0 Å². The van der Waals surface area contributed by atoms with Gasteiger partial charge in [0.1, 0.15) is 0 Å². The van der Waals surface area contributed by atoms with E-state index in [1.807, 2.05) is 20.8 Å². The van der Waals surface area contributed by atoms with Crippen LogP contribution >= 0.6 is 0 Å². The minimum absolute atomic E-state index is 0.392. The van der Waals surface area contributed by atoms with E-state index in [4.69, 9.17) is 9.57 Å². The highest BCUT2D eigenvalue weighted by molar-refractivity contribution is 5.67. The fraction of sp³-hybridized carbons (Fsp3) is 0.917. The summed E-state index contributed by atoms with van der Waals surface area (Å²) >= 11 is 0.